The fourth-order valence-electron chi connectivity index (χ4n) is 3.56. The van der Waals surface area contributed by atoms with E-state index in [0.717, 1.165) is 42.3 Å². The van der Waals surface area contributed by atoms with E-state index in [4.69, 9.17) is 9.47 Å². The molecule has 5 nitrogen and oxygen atoms in total. The topological polar surface area (TPSA) is 50.8 Å². The Morgan fingerprint density at radius 2 is 2.23 bits per heavy atom. The number of fused-ring (bicyclic) bond motifs is 1. The average molecular weight is 395 g/mol. The van der Waals surface area contributed by atoms with Crippen LogP contribution in [0.5, 0.6) is 5.75 Å². The zero-order valence-corrected chi connectivity index (χ0v) is 16.3. The predicted octanol–water partition coefficient (Wildman–Crippen LogP) is 3.04. The molecule has 1 saturated heterocycles. The van der Waals surface area contributed by atoms with Crippen LogP contribution in [-0.2, 0) is 17.8 Å². The second-order valence-electron chi connectivity index (χ2n) is 6.32. The minimum absolute atomic E-state index is 0. The van der Waals surface area contributed by atoms with Crippen LogP contribution in [0.1, 0.15) is 31.7 Å². The zero-order valence-electron chi connectivity index (χ0n) is 14.7. The molecule has 0 bridgehead atoms. The molecular weight excluding hydrogens is 372 g/mol. The van der Waals surface area contributed by atoms with Gasteiger partial charge in [-0.25, -0.2) is 0 Å². The summed E-state index contributed by atoms with van der Waals surface area (Å²) in [6, 6.07) is 9.95. The van der Waals surface area contributed by atoms with Gasteiger partial charge in [-0.15, -0.1) is 23.7 Å². The first-order chi connectivity index (χ1) is 12.3. The van der Waals surface area contributed by atoms with Gasteiger partial charge in [0.25, 0.3) is 5.91 Å². The van der Waals surface area contributed by atoms with Crippen molar-refractivity contribution in [2.75, 3.05) is 33.4 Å². The summed E-state index contributed by atoms with van der Waals surface area (Å²) in [5, 5.41) is 3.40. The standard InChI is InChI=1S/C19H22N2O3S.ClH/c1-23-16-5-3-2-4-14(16)15-11-20-7-8-21(15)19(22)18-10-13-12-24-9-6-17(13)25-18;/h2-5,10,15,20H,6-9,11-12H2,1H3;1H. The largest absolute Gasteiger partial charge is 0.496 e. The molecule has 1 atom stereocenters. The van der Waals surface area contributed by atoms with Gasteiger partial charge in [0.05, 0.1) is 31.2 Å². The normalized spacial score (nSPS) is 19.4. The van der Waals surface area contributed by atoms with Crippen molar-refractivity contribution >= 4 is 29.7 Å². The Morgan fingerprint density at radius 1 is 1.38 bits per heavy atom. The molecule has 1 N–H and O–H groups in total. The summed E-state index contributed by atoms with van der Waals surface area (Å²) in [5.41, 5.74) is 2.22. The first kappa shape index (κ1) is 19.2. The van der Waals surface area contributed by atoms with Crippen LogP contribution < -0.4 is 10.1 Å². The van der Waals surface area contributed by atoms with E-state index >= 15 is 0 Å². The van der Waals surface area contributed by atoms with Crippen LogP contribution >= 0.6 is 23.7 Å². The molecule has 1 fully saturated rings. The maximum absolute atomic E-state index is 13.2. The molecule has 26 heavy (non-hydrogen) atoms. The third kappa shape index (κ3) is 3.60. The highest BCUT2D eigenvalue weighted by Crippen LogP contribution is 2.33. The van der Waals surface area contributed by atoms with Gasteiger partial charge in [-0.05, 0) is 17.7 Å². The van der Waals surface area contributed by atoms with Gasteiger partial charge < -0.3 is 19.7 Å². The number of ether oxygens (including phenoxy) is 2. The molecule has 2 aromatic rings. The summed E-state index contributed by atoms with van der Waals surface area (Å²) in [5.74, 6) is 0.935. The van der Waals surface area contributed by atoms with Crippen molar-refractivity contribution in [1.29, 1.82) is 0 Å². The lowest BCUT2D eigenvalue weighted by Gasteiger charge is -2.36. The highest BCUT2D eigenvalue weighted by molar-refractivity contribution is 7.14. The van der Waals surface area contributed by atoms with Crippen LogP contribution in [-0.4, -0.2) is 44.2 Å². The van der Waals surface area contributed by atoms with E-state index in [0.29, 0.717) is 13.2 Å². The van der Waals surface area contributed by atoms with E-state index in [1.165, 1.54) is 10.4 Å². The van der Waals surface area contributed by atoms with Gasteiger partial charge in [-0.1, -0.05) is 18.2 Å². The number of amides is 1. The number of halogens is 1. The van der Waals surface area contributed by atoms with Crippen LogP contribution in [0.2, 0.25) is 0 Å². The lowest BCUT2D eigenvalue weighted by Crippen LogP contribution is -2.48. The quantitative estimate of drug-likeness (QED) is 0.869. The van der Waals surface area contributed by atoms with E-state index in [1.807, 2.05) is 35.2 Å². The van der Waals surface area contributed by atoms with Crippen molar-refractivity contribution in [3.8, 4) is 5.75 Å². The van der Waals surface area contributed by atoms with Crippen molar-refractivity contribution in [3.05, 3.63) is 51.2 Å². The SMILES string of the molecule is COc1ccccc1C1CNCCN1C(=O)c1cc2c(s1)CCOC2.Cl. The summed E-state index contributed by atoms with van der Waals surface area (Å²) in [4.78, 5) is 17.3. The summed E-state index contributed by atoms with van der Waals surface area (Å²) < 4.78 is 11.0. The lowest BCUT2D eigenvalue weighted by atomic mass is 10.0. The molecule has 1 aromatic heterocycles. The Kier molecular flexibility index (Phi) is 6.19. The monoisotopic (exact) mass is 394 g/mol. The van der Waals surface area contributed by atoms with Crippen LogP contribution in [0.4, 0.5) is 0 Å². The fourth-order valence-corrected chi connectivity index (χ4v) is 4.67. The molecular formula is C19H23ClN2O3S. The molecule has 140 valence electrons. The van der Waals surface area contributed by atoms with Crippen molar-refractivity contribution in [2.24, 2.45) is 0 Å². The van der Waals surface area contributed by atoms with Gasteiger partial charge in [0, 0.05) is 36.5 Å². The van der Waals surface area contributed by atoms with Gasteiger partial charge >= 0.3 is 0 Å². The zero-order chi connectivity index (χ0) is 17.2. The Bertz CT molecular complexity index is 756. The van der Waals surface area contributed by atoms with Gasteiger partial charge in [0.2, 0.25) is 0 Å². The summed E-state index contributed by atoms with van der Waals surface area (Å²) in [6.45, 7) is 3.61. The molecule has 2 aliphatic heterocycles. The van der Waals surface area contributed by atoms with Gasteiger partial charge in [0.15, 0.2) is 0 Å². The molecule has 0 aliphatic carbocycles. The minimum Gasteiger partial charge on any atom is -0.496 e. The third-order valence-electron chi connectivity index (χ3n) is 4.84. The molecule has 0 radical (unpaired) electrons. The predicted molar refractivity (Wildman–Crippen MR) is 105 cm³/mol. The number of rotatable bonds is 3. The number of carbonyl (C=O) groups excluding carboxylic acids is 1. The van der Waals surface area contributed by atoms with Crippen LogP contribution in [0.25, 0.3) is 0 Å². The molecule has 0 saturated carbocycles. The van der Waals surface area contributed by atoms with E-state index in [2.05, 4.69) is 5.32 Å². The number of methoxy groups -OCH3 is 1. The van der Waals surface area contributed by atoms with Crippen LogP contribution in [0, 0.1) is 0 Å². The van der Waals surface area contributed by atoms with E-state index in [-0.39, 0.29) is 24.4 Å². The molecule has 0 spiro atoms. The maximum Gasteiger partial charge on any atom is 0.264 e. The van der Waals surface area contributed by atoms with Crippen molar-refractivity contribution in [1.82, 2.24) is 10.2 Å². The Balaban J connectivity index is 0.00000196. The van der Waals surface area contributed by atoms with Crippen molar-refractivity contribution < 1.29 is 14.3 Å². The second kappa shape index (κ2) is 8.39. The summed E-state index contributed by atoms with van der Waals surface area (Å²) in [6.07, 6.45) is 0.908. The van der Waals surface area contributed by atoms with Crippen LogP contribution in [0.15, 0.2) is 30.3 Å². The molecule has 3 heterocycles. The molecule has 1 aromatic carbocycles. The van der Waals surface area contributed by atoms with Crippen molar-refractivity contribution in [2.45, 2.75) is 19.1 Å². The molecule has 1 amide bonds. The number of carbonyl (C=O) groups is 1. The number of benzene rings is 1. The molecule has 7 heteroatoms. The Hall–Kier alpha value is -1.60. The van der Waals surface area contributed by atoms with E-state index in [1.54, 1.807) is 18.4 Å². The summed E-state index contributed by atoms with van der Waals surface area (Å²) in [7, 11) is 1.68. The number of nitrogens with zero attached hydrogens (tertiary/aromatic N) is 1. The van der Waals surface area contributed by atoms with Crippen molar-refractivity contribution in [3.63, 3.8) is 0 Å². The Morgan fingerprint density at radius 3 is 3.04 bits per heavy atom. The smallest absolute Gasteiger partial charge is 0.264 e. The number of thiophene rings is 1. The van der Waals surface area contributed by atoms with Crippen LogP contribution in [0.3, 0.4) is 0 Å². The van der Waals surface area contributed by atoms with E-state index in [9.17, 15) is 4.79 Å². The van der Waals surface area contributed by atoms with Gasteiger partial charge in [-0.2, -0.15) is 0 Å². The van der Waals surface area contributed by atoms with Gasteiger partial charge in [-0.3, -0.25) is 4.79 Å². The van der Waals surface area contributed by atoms with E-state index < -0.39 is 0 Å². The third-order valence-corrected chi connectivity index (χ3v) is 6.07. The highest BCUT2D eigenvalue weighted by atomic mass is 35.5. The minimum atomic E-state index is -0.0206. The molecule has 4 rings (SSSR count). The number of para-hydroxylation sites is 1. The fraction of sp³-hybridized carbons (Fsp3) is 0.421. The number of hydrogen-bond donors (Lipinski definition) is 1. The first-order valence-electron chi connectivity index (χ1n) is 8.62. The highest BCUT2D eigenvalue weighted by Gasteiger charge is 2.31. The molecule has 2 aliphatic rings. The summed E-state index contributed by atoms with van der Waals surface area (Å²) >= 11 is 1.62. The number of nitrogens with one attached hydrogen (secondary N) is 1. The number of piperazine rings is 1. The number of hydrogen-bond acceptors (Lipinski definition) is 5. The second-order valence-corrected chi connectivity index (χ2v) is 7.46. The lowest BCUT2D eigenvalue weighted by molar-refractivity contribution is 0.0636. The first-order valence-corrected chi connectivity index (χ1v) is 9.43. The van der Waals surface area contributed by atoms with Gasteiger partial charge in [0.1, 0.15) is 5.75 Å². The Labute approximate surface area is 163 Å². The molecule has 1 unspecified atom stereocenters. The maximum atomic E-state index is 13.2. The average Bonchev–Trinajstić information content (AvgIpc) is 3.11.